The van der Waals surface area contributed by atoms with E-state index in [1.54, 1.807) is 0 Å². The van der Waals surface area contributed by atoms with Crippen LogP contribution in [-0.2, 0) is 6.18 Å². The minimum absolute atomic E-state index is 0.0371. The molecule has 0 aliphatic heterocycles. The highest BCUT2D eigenvalue weighted by Gasteiger charge is 2.33. The van der Waals surface area contributed by atoms with Crippen LogP contribution in [0, 0.1) is 0 Å². The third-order valence-corrected chi connectivity index (χ3v) is 2.33. The van der Waals surface area contributed by atoms with Gasteiger partial charge in [0.25, 0.3) is 0 Å². The Morgan fingerprint density at radius 3 is 2.44 bits per heavy atom. The lowest BCUT2D eigenvalue weighted by molar-refractivity contribution is -0.136. The van der Waals surface area contributed by atoms with E-state index in [0.29, 0.717) is 6.07 Å². The lowest BCUT2D eigenvalue weighted by Gasteiger charge is -2.09. The lowest BCUT2D eigenvalue weighted by Crippen LogP contribution is -2.13. The summed E-state index contributed by atoms with van der Waals surface area (Å²) >= 11 is 0. The fraction of sp³-hybridized carbons (Fsp3) is 0.0909. The summed E-state index contributed by atoms with van der Waals surface area (Å²) in [4.78, 5) is 21.9. The second-order valence-corrected chi connectivity index (χ2v) is 3.55. The van der Waals surface area contributed by atoms with E-state index in [1.807, 2.05) is 0 Å². The van der Waals surface area contributed by atoms with Crippen LogP contribution < -0.4 is 11.4 Å². The predicted molar refractivity (Wildman–Crippen MR) is 56.0 cm³/mol. The van der Waals surface area contributed by atoms with Gasteiger partial charge < -0.3 is 10.2 Å². The molecule has 0 unspecified atom stereocenters. The van der Waals surface area contributed by atoms with Gasteiger partial charge in [0.15, 0.2) is 0 Å². The van der Waals surface area contributed by atoms with Crippen LogP contribution in [0.25, 0.3) is 11.0 Å². The Balaban J connectivity index is 2.83. The first kappa shape index (κ1) is 12.2. The molecule has 0 atom stereocenters. The number of nitrogens with two attached hydrogens (primary N) is 1. The number of primary amides is 1. The summed E-state index contributed by atoms with van der Waals surface area (Å²) in [5.74, 6) is -0.822. The van der Waals surface area contributed by atoms with Crippen LogP contribution in [-0.4, -0.2) is 5.91 Å². The van der Waals surface area contributed by atoms with E-state index in [-0.39, 0.29) is 16.5 Å². The maximum absolute atomic E-state index is 12.7. The molecule has 7 heteroatoms. The van der Waals surface area contributed by atoms with Crippen LogP contribution in [0.4, 0.5) is 13.2 Å². The van der Waals surface area contributed by atoms with Crippen molar-refractivity contribution >= 4 is 16.9 Å². The molecular formula is C11H6F3NO3. The molecule has 1 aromatic heterocycles. The molecular weight excluding hydrogens is 251 g/mol. The van der Waals surface area contributed by atoms with Gasteiger partial charge in [0.2, 0.25) is 5.91 Å². The molecule has 2 N–H and O–H groups in total. The summed E-state index contributed by atoms with van der Waals surface area (Å²) in [6.07, 6.45) is -4.68. The highest BCUT2D eigenvalue weighted by molar-refractivity contribution is 5.96. The molecule has 0 spiro atoms. The zero-order valence-corrected chi connectivity index (χ0v) is 8.75. The van der Waals surface area contributed by atoms with Crippen LogP contribution in [0.3, 0.4) is 0 Å². The molecule has 0 aliphatic carbocycles. The number of carbonyl (C=O) groups excluding carboxylic acids is 1. The summed E-state index contributed by atoms with van der Waals surface area (Å²) in [6, 6.07) is 3.56. The van der Waals surface area contributed by atoms with Crippen molar-refractivity contribution in [2.24, 2.45) is 5.73 Å². The van der Waals surface area contributed by atoms with Crippen LogP contribution in [0.15, 0.2) is 33.5 Å². The first-order chi connectivity index (χ1) is 8.29. The number of hydrogen-bond acceptors (Lipinski definition) is 3. The zero-order chi connectivity index (χ0) is 13.5. The molecule has 1 aromatic carbocycles. The fourth-order valence-electron chi connectivity index (χ4n) is 1.55. The van der Waals surface area contributed by atoms with Gasteiger partial charge in [0.1, 0.15) is 5.58 Å². The van der Waals surface area contributed by atoms with Crippen LogP contribution in [0.1, 0.15) is 15.9 Å². The standard InChI is InChI=1S/C11H6F3NO3/c12-11(13,14)7-4-9(16)18-8-3-5(10(15)17)1-2-6(7)8/h1-4H,(H2,15,17). The average molecular weight is 257 g/mol. The molecule has 0 bridgehead atoms. The summed E-state index contributed by atoms with van der Waals surface area (Å²) in [7, 11) is 0. The number of amides is 1. The smallest absolute Gasteiger partial charge is 0.417 e. The molecule has 94 valence electrons. The van der Waals surface area contributed by atoms with Crippen molar-refractivity contribution in [1.29, 1.82) is 0 Å². The van der Waals surface area contributed by atoms with Gasteiger partial charge in [-0.05, 0) is 18.2 Å². The summed E-state index contributed by atoms with van der Waals surface area (Å²) in [5.41, 5.74) is 2.37. The molecule has 2 rings (SSSR count). The van der Waals surface area contributed by atoms with Gasteiger partial charge in [-0.25, -0.2) is 4.79 Å². The maximum Gasteiger partial charge on any atom is 0.417 e. The number of rotatable bonds is 1. The molecule has 2 aromatic rings. The van der Waals surface area contributed by atoms with E-state index in [1.165, 1.54) is 0 Å². The number of benzene rings is 1. The van der Waals surface area contributed by atoms with Crippen molar-refractivity contribution in [2.45, 2.75) is 6.18 Å². The Kier molecular flexibility index (Phi) is 2.61. The number of hydrogen-bond donors (Lipinski definition) is 1. The highest BCUT2D eigenvalue weighted by Crippen LogP contribution is 2.33. The first-order valence-corrected chi connectivity index (χ1v) is 4.74. The Bertz CT molecular complexity index is 688. The van der Waals surface area contributed by atoms with E-state index < -0.39 is 23.3 Å². The molecule has 1 amide bonds. The second kappa shape index (κ2) is 3.86. The predicted octanol–water partition coefficient (Wildman–Crippen LogP) is 1.91. The quantitative estimate of drug-likeness (QED) is 0.793. The molecule has 0 radical (unpaired) electrons. The number of fused-ring (bicyclic) bond motifs is 1. The summed E-state index contributed by atoms with van der Waals surface area (Å²) in [6.45, 7) is 0. The van der Waals surface area contributed by atoms with Gasteiger partial charge in [0.05, 0.1) is 5.56 Å². The summed E-state index contributed by atoms with van der Waals surface area (Å²) < 4.78 is 42.7. The largest absolute Gasteiger partial charge is 0.423 e. The highest BCUT2D eigenvalue weighted by atomic mass is 19.4. The Labute approximate surface area is 97.8 Å². The van der Waals surface area contributed by atoms with E-state index in [2.05, 4.69) is 4.42 Å². The molecule has 1 heterocycles. The maximum atomic E-state index is 12.7. The second-order valence-electron chi connectivity index (χ2n) is 3.55. The monoisotopic (exact) mass is 257 g/mol. The number of carbonyl (C=O) groups is 1. The van der Waals surface area contributed by atoms with Crippen molar-refractivity contribution in [1.82, 2.24) is 0 Å². The SMILES string of the molecule is NC(=O)c1ccc2c(C(F)(F)F)cc(=O)oc2c1. The Morgan fingerprint density at radius 1 is 1.22 bits per heavy atom. The van der Waals surface area contributed by atoms with Crippen LogP contribution in [0.5, 0.6) is 0 Å². The molecule has 0 fully saturated rings. The van der Waals surface area contributed by atoms with Crippen molar-refractivity contribution in [3.8, 4) is 0 Å². The van der Waals surface area contributed by atoms with Crippen molar-refractivity contribution in [2.75, 3.05) is 0 Å². The van der Waals surface area contributed by atoms with E-state index in [0.717, 1.165) is 18.2 Å². The van der Waals surface area contributed by atoms with Crippen LogP contribution >= 0.6 is 0 Å². The minimum atomic E-state index is -4.68. The van der Waals surface area contributed by atoms with Crippen molar-refractivity contribution in [3.05, 3.63) is 45.8 Å². The van der Waals surface area contributed by atoms with E-state index in [9.17, 15) is 22.8 Å². The molecule has 18 heavy (non-hydrogen) atoms. The first-order valence-electron chi connectivity index (χ1n) is 4.74. The molecule has 0 saturated carbocycles. The summed E-state index contributed by atoms with van der Waals surface area (Å²) in [5, 5.41) is -0.299. The fourth-order valence-corrected chi connectivity index (χ4v) is 1.55. The topological polar surface area (TPSA) is 73.3 Å². The lowest BCUT2D eigenvalue weighted by atomic mass is 10.1. The molecule has 4 nitrogen and oxygen atoms in total. The van der Waals surface area contributed by atoms with Crippen molar-refractivity contribution in [3.63, 3.8) is 0 Å². The third-order valence-electron chi connectivity index (χ3n) is 2.33. The van der Waals surface area contributed by atoms with Gasteiger partial charge >= 0.3 is 11.8 Å². The zero-order valence-electron chi connectivity index (χ0n) is 8.75. The van der Waals surface area contributed by atoms with Gasteiger partial charge in [-0.1, -0.05) is 0 Å². The van der Waals surface area contributed by atoms with Gasteiger partial charge in [-0.15, -0.1) is 0 Å². The number of halogens is 3. The van der Waals surface area contributed by atoms with Crippen LogP contribution in [0.2, 0.25) is 0 Å². The minimum Gasteiger partial charge on any atom is -0.423 e. The van der Waals surface area contributed by atoms with Crippen molar-refractivity contribution < 1.29 is 22.4 Å². The van der Waals surface area contributed by atoms with Gasteiger partial charge in [-0.3, -0.25) is 4.79 Å². The molecule has 0 saturated heterocycles. The molecule has 0 aliphatic rings. The van der Waals surface area contributed by atoms with Gasteiger partial charge in [-0.2, -0.15) is 13.2 Å². The normalized spacial score (nSPS) is 11.7. The third kappa shape index (κ3) is 2.06. The Morgan fingerprint density at radius 2 is 1.89 bits per heavy atom. The van der Waals surface area contributed by atoms with Gasteiger partial charge in [0, 0.05) is 17.0 Å². The van der Waals surface area contributed by atoms with E-state index in [4.69, 9.17) is 5.73 Å². The Hall–Kier alpha value is -2.31. The van der Waals surface area contributed by atoms with E-state index >= 15 is 0 Å². The number of alkyl halides is 3. The average Bonchev–Trinajstić information content (AvgIpc) is 2.25.